The molecule has 0 radical (unpaired) electrons. The molecule has 1 N–H and O–H groups in total. The van der Waals surface area contributed by atoms with Crippen molar-refractivity contribution in [2.24, 2.45) is 0 Å². The molecule has 0 fully saturated rings. The van der Waals surface area contributed by atoms with Gasteiger partial charge in [0.1, 0.15) is 11.5 Å². The third kappa shape index (κ3) is 6.87. The lowest BCUT2D eigenvalue weighted by Crippen LogP contribution is -2.20. The van der Waals surface area contributed by atoms with Gasteiger partial charge in [-0.25, -0.2) is 0 Å². The maximum atomic E-state index is 12.4. The lowest BCUT2D eigenvalue weighted by Gasteiger charge is -2.11. The van der Waals surface area contributed by atoms with Gasteiger partial charge in [0, 0.05) is 17.3 Å². The zero-order valence-electron chi connectivity index (χ0n) is 19.4. The van der Waals surface area contributed by atoms with E-state index in [1.807, 2.05) is 31.2 Å². The zero-order chi connectivity index (χ0) is 24.3. The highest BCUT2D eigenvalue weighted by molar-refractivity contribution is 6.06. The van der Waals surface area contributed by atoms with Gasteiger partial charge in [-0.3, -0.25) is 9.59 Å². The third-order valence-electron chi connectivity index (χ3n) is 4.79. The number of hydrogen-bond donors (Lipinski definition) is 1. The second-order valence-electron chi connectivity index (χ2n) is 7.13. The Labute approximate surface area is 198 Å². The van der Waals surface area contributed by atoms with Gasteiger partial charge >= 0.3 is 0 Å². The van der Waals surface area contributed by atoms with Gasteiger partial charge in [-0.2, -0.15) is 0 Å². The van der Waals surface area contributed by atoms with Crippen LogP contribution in [0.3, 0.4) is 0 Å². The van der Waals surface area contributed by atoms with Crippen molar-refractivity contribution in [1.82, 2.24) is 0 Å². The molecule has 0 aliphatic heterocycles. The zero-order valence-corrected chi connectivity index (χ0v) is 19.4. The van der Waals surface area contributed by atoms with E-state index in [2.05, 4.69) is 5.32 Å². The van der Waals surface area contributed by atoms with E-state index >= 15 is 0 Å². The van der Waals surface area contributed by atoms with Gasteiger partial charge in [-0.1, -0.05) is 18.2 Å². The summed E-state index contributed by atoms with van der Waals surface area (Å²) in [7, 11) is 3.07. The van der Waals surface area contributed by atoms with Crippen molar-refractivity contribution in [2.75, 3.05) is 32.8 Å². The predicted octanol–water partition coefficient (Wildman–Crippen LogP) is 5.02. The number of anilines is 1. The highest BCUT2D eigenvalue weighted by Crippen LogP contribution is 2.29. The summed E-state index contributed by atoms with van der Waals surface area (Å²) in [6.45, 7) is 2.35. The van der Waals surface area contributed by atoms with Gasteiger partial charge in [-0.05, 0) is 67.1 Å². The van der Waals surface area contributed by atoms with Crippen LogP contribution in [0.4, 0.5) is 5.69 Å². The highest BCUT2D eigenvalue weighted by Gasteiger charge is 2.09. The van der Waals surface area contributed by atoms with Gasteiger partial charge in [0.25, 0.3) is 5.91 Å². The van der Waals surface area contributed by atoms with E-state index in [0.29, 0.717) is 35.1 Å². The van der Waals surface area contributed by atoms with Crippen molar-refractivity contribution in [3.05, 3.63) is 83.9 Å². The minimum Gasteiger partial charge on any atom is -0.494 e. The Balaban J connectivity index is 1.51. The molecule has 0 aromatic heterocycles. The van der Waals surface area contributed by atoms with Gasteiger partial charge in [0.2, 0.25) is 0 Å². The summed E-state index contributed by atoms with van der Waals surface area (Å²) in [6, 6.07) is 19.2. The molecule has 0 atom stereocenters. The quantitative estimate of drug-likeness (QED) is 0.319. The van der Waals surface area contributed by atoms with Crippen LogP contribution in [0, 0.1) is 0 Å². The maximum Gasteiger partial charge on any atom is 0.262 e. The molecule has 3 aromatic rings. The van der Waals surface area contributed by atoms with Crippen LogP contribution in [0.1, 0.15) is 22.8 Å². The molecule has 0 unspecified atom stereocenters. The lowest BCUT2D eigenvalue weighted by atomic mass is 10.1. The number of nitrogens with one attached hydrogen (secondary N) is 1. The van der Waals surface area contributed by atoms with Gasteiger partial charge in [0.05, 0.1) is 20.8 Å². The highest BCUT2D eigenvalue weighted by atomic mass is 16.5. The summed E-state index contributed by atoms with van der Waals surface area (Å²) >= 11 is 0. The molecule has 3 aromatic carbocycles. The van der Waals surface area contributed by atoms with Crippen LogP contribution in [-0.4, -0.2) is 39.1 Å². The van der Waals surface area contributed by atoms with E-state index in [-0.39, 0.29) is 18.3 Å². The number of carbonyl (C=O) groups excluding carboxylic acids is 2. The number of amides is 1. The molecule has 0 heterocycles. The normalized spacial score (nSPS) is 10.6. The lowest BCUT2D eigenvalue weighted by molar-refractivity contribution is -0.118. The fourth-order valence-corrected chi connectivity index (χ4v) is 3.09. The first kappa shape index (κ1) is 24.4. The van der Waals surface area contributed by atoms with Crippen molar-refractivity contribution >= 4 is 23.5 Å². The Morgan fingerprint density at radius 1 is 0.824 bits per heavy atom. The van der Waals surface area contributed by atoms with E-state index in [4.69, 9.17) is 18.9 Å². The molecule has 0 bridgehead atoms. The summed E-state index contributed by atoms with van der Waals surface area (Å²) in [4.78, 5) is 24.6. The molecule has 7 nitrogen and oxygen atoms in total. The fourth-order valence-electron chi connectivity index (χ4n) is 3.09. The molecule has 3 rings (SSSR count). The maximum absolute atomic E-state index is 12.4. The summed E-state index contributed by atoms with van der Waals surface area (Å²) in [5.41, 5.74) is 1.98. The first-order valence-corrected chi connectivity index (χ1v) is 10.7. The molecule has 176 valence electrons. The van der Waals surface area contributed by atoms with Crippen molar-refractivity contribution in [2.45, 2.75) is 6.92 Å². The average Bonchev–Trinajstić information content (AvgIpc) is 2.87. The summed E-state index contributed by atoms with van der Waals surface area (Å²) in [6.07, 6.45) is 3.27. The molecule has 34 heavy (non-hydrogen) atoms. The Morgan fingerprint density at radius 3 is 2.12 bits per heavy atom. The Morgan fingerprint density at radius 2 is 1.47 bits per heavy atom. The average molecular weight is 462 g/mol. The number of ketones is 1. The van der Waals surface area contributed by atoms with E-state index < -0.39 is 0 Å². The number of hydrogen-bond acceptors (Lipinski definition) is 6. The van der Waals surface area contributed by atoms with Crippen molar-refractivity contribution in [3.63, 3.8) is 0 Å². The van der Waals surface area contributed by atoms with Crippen LogP contribution in [0.25, 0.3) is 6.08 Å². The first-order valence-electron chi connectivity index (χ1n) is 10.7. The number of carbonyl (C=O) groups is 2. The van der Waals surface area contributed by atoms with Crippen LogP contribution >= 0.6 is 0 Å². The second kappa shape index (κ2) is 12.1. The molecule has 0 aliphatic rings. The number of rotatable bonds is 11. The minimum absolute atomic E-state index is 0.133. The van der Waals surface area contributed by atoms with E-state index in [1.54, 1.807) is 55.7 Å². The van der Waals surface area contributed by atoms with Crippen LogP contribution in [0.2, 0.25) is 0 Å². The van der Waals surface area contributed by atoms with Crippen LogP contribution < -0.4 is 24.3 Å². The monoisotopic (exact) mass is 461 g/mol. The largest absolute Gasteiger partial charge is 0.494 e. The molecule has 7 heteroatoms. The van der Waals surface area contributed by atoms with E-state index in [0.717, 1.165) is 11.3 Å². The van der Waals surface area contributed by atoms with E-state index in [1.165, 1.54) is 13.2 Å². The molecule has 0 saturated carbocycles. The number of ether oxygens (including phenoxy) is 4. The van der Waals surface area contributed by atoms with Gasteiger partial charge in [-0.15, -0.1) is 0 Å². The predicted molar refractivity (Wildman–Crippen MR) is 131 cm³/mol. The summed E-state index contributed by atoms with van der Waals surface area (Å²) < 4.78 is 21.4. The number of allylic oxidation sites excluding steroid dienone is 1. The van der Waals surface area contributed by atoms with Crippen molar-refractivity contribution < 1.29 is 28.5 Å². The molecule has 1 amide bonds. The molecule has 0 aliphatic carbocycles. The Hall–Kier alpha value is -4.26. The van der Waals surface area contributed by atoms with Crippen LogP contribution in [0.5, 0.6) is 23.0 Å². The third-order valence-corrected chi connectivity index (χ3v) is 4.79. The standard InChI is InChI=1S/C27H27NO6/c1-4-33-22-11-5-19(6-12-22)7-15-24(29)20-8-13-23(14-9-20)34-18-27(30)28-21-10-16-25(31-2)26(17-21)32-3/h5-17H,4,18H2,1-3H3,(H,28,30)/b15-7+. The smallest absolute Gasteiger partial charge is 0.262 e. The van der Waals surface area contributed by atoms with Gasteiger partial charge in [0.15, 0.2) is 23.9 Å². The molecular formula is C27H27NO6. The molecule has 0 saturated heterocycles. The Kier molecular flexibility index (Phi) is 8.68. The van der Waals surface area contributed by atoms with E-state index in [9.17, 15) is 9.59 Å². The topological polar surface area (TPSA) is 83.1 Å². The number of benzene rings is 3. The summed E-state index contributed by atoms with van der Waals surface area (Å²) in [5.74, 6) is 1.89. The fraction of sp³-hybridized carbons (Fsp3) is 0.185. The SMILES string of the molecule is CCOc1ccc(/C=C/C(=O)c2ccc(OCC(=O)Nc3ccc(OC)c(OC)c3)cc2)cc1. The molecule has 0 spiro atoms. The molecular weight excluding hydrogens is 434 g/mol. The van der Waals surface area contributed by atoms with Gasteiger partial charge < -0.3 is 24.3 Å². The minimum atomic E-state index is -0.328. The van der Waals surface area contributed by atoms with Crippen LogP contribution in [-0.2, 0) is 4.79 Å². The Bertz CT molecular complexity index is 1140. The first-order chi connectivity index (χ1) is 16.5. The second-order valence-corrected chi connectivity index (χ2v) is 7.13. The van der Waals surface area contributed by atoms with Crippen LogP contribution in [0.15, 0.2) is 72.8 Å². The van der Waals surface area contributed by atoms with Crippen molar-refractivity contribution in [3.8, 4) is 23.0 Å². The number of methoxy groups -OCH3 is 2. The van der Waals surface area contributed by atoms with Crippen molar-refractivity contribution in [1.29, 1.82) is 0 Å². The summed E-state index contributed by atoms with van der Waals surface area (Å²) in [5, 5.41) is 2.74.